The first-order valence-electron chi connectivity index (χ1n) is 8.62. The Morgan fingerprint density at radius 2 is 1.80 bits per heavy atom. The highest BCUT2D eigenvalue weighted by atomic mass is 32.2. The lowest BCUT2D eigenvalue weighted by Crippen LogP contribution is -2.47. The van der Waals surface area contributed by atoms with E-state index in [1.165, 1.54) is 0 Å². The summed E-state index contributed by atoms with van der Waals surface area (Å²) in [6, 6.07) is 5.86. The number of thioether (sulfide) groups is 1. The van der Waals surface area contributed by atoms with Gasteiger partial charge in [0, 0.05) is 6.54 Å². The van der Waals surface area contributed by atoms with Gasteiger partial charge in [-0.2, -0.15) is 16.5 Å². The Balaban J connectivity index is 2.73. The molecule has 0 bridgehead atoms. The molecule has 142 valence electrons. The number of sulfonamides is 1. The molecule has 0 heterocycles. The van der Waals surface area contributed by atoms with Crippen LogP contribution in [0.4, 0.5) is 0 Å². The van der Waals surface area contributed by atoms with E-state index in [0.29, 0.717) is 24.6 Å². The predicted molar refractivity (Wildman–Crippen MR) is 105 cm³/mol. The summed E-state index contributed by atoms with van der Waals surface area (Å²) in [5.41, 5.74) is 0.987. The molecule has 0 aliphatic rings. The molecular weight excluding hydrogens is 356 g/mol. The molecule has 1 aromatic carbocycles. The van der Waals surface area contributed by atoms with Crippen molar-refractivity contribution in [3.05, 3.63) is 29.8 Å². The SMILES string of the molecule is CSCCC(NS(=O)(=O)c1ccc(C)cc1)C(=O)NCCCC(C)C. The largest absolute Gasteiger partial charge is 0.355 e. The van der Waals surface area contributed by atoms with Gasteiger partial charge in [-0.05, 0) is 56.2 Å². The number of amides is 1. The summed E-state index contributed by atoms with van der Waals surface area (Å²) in [5.74, 6) is 1.04. The number of carbonyl (C=O) groups is 1. The van der Waals surface area contributed by atoms with E-state index in [1.807, 2.05) is 13.2 Å². The Hall–Kier alpha value is -1.05. The van der Waals surface area contributed by atoms with E-state index >= 15 is 0 Å². The zero-order valence-corrected chi connectivity index (χ0v) is 17.2. The molecule has 0 radical (unpaired) electrons. The normalized spacial score (nSPS) is 13.0. The van der Waals surface area contributed by atoms with Crippen LogP contribution >= 0.6 is 11.8 Å². The third-order valence-electron chi connectivity index (χ3n) is 3.81. The first-order chi connectivity index (χ1) is 11.8. The van der Waals surface area contributed by atoms with E-state index in [4.69, 9.17) is 0 Å². The fraction of sp³-hybridized carbons (Fsp3) is 0.611. The Kier molecular flexibility index (Phi) is 9.53. The van der Waals surface area contributed by atoms with Crippen LogP contribution in [0.1, 0.15) is 38.7 Å². The summed E-state index contributed by atoms with van der Waals surface area (Å²) < 4.78 is 27.6. The first-order valence-corrected chi connectivity index (χ1v) is 11.5. The Morgan fingerprint density at radius 1 is 1.16 bits per heavy atom. The molecule has 0 spiro atoms. The predicted octanol–water partition coefficient (Wildman–Crippen LogP) is 2.95. The molecule has 25 heavy (non-hydrogen) atoms. The Labute approximate surface area is 156 Å². The van der Waals surface area contributed by atoms with Gasteiger partial charge in [0.25, 0.3) is 0 Å². The lowest BCUT2D eigenvalue weighted by molar-refractivity contribution is -0.122. The zero-order chi connectivity index (χ0) is 18.9. The summed E-state index contributed by atoms with van der Waals surface area (Å²) in [7, 11) is -3.72. The molecule has 0 aliphatic carbocycles. The summed E-state index contributed by atoms with van der Waals surface area (Å²) in [6.07, 6.45) is 4.32. The van der Waals surface area contributed by atoms with Gasteiger partial charge in [0.15, 0.2) is 0 Å². The monoisotopic (exact) mass is 386 g/mol. The highest BCUT2D eigenvalue weighted by Gasteiger charge is 2.25. The Bertz CT molecular complexity index is 628. The van der Waals surface area contributed by atoms with Gasteiger partial charge in [-0.1, -0.05) is 31.5 Å². The number of hydrogen-bond donors (Lipinski definition) is 2. The zero-order valence-electron chi connectivity index (χ0n) is 15.5. The van der Waals surface area contributed by atoms with Crippen LogP contribution in [0.3, 0.4) is 0 Å². The number of carbonyl (C=O) groups excluding carboxylic acids is 1. The fourth-order valence-corrected chi connectivity index (χ4v) is 4.00. The summed E-state index contributed by atoms with van der Waals surface area (Å²) in [5, 5.41) is 2.86. The van der Waals surface area contributed by atoms with E-state index in [9.17, 15) is 13.2 Å². The molecule has 0 fully saturated rings. The number of aryl methyl sites for hydroxylation is 1. The Morgan fingerprint density at radius 3 is 2.36 bits per heavy atom. The van der Waals surface area contributed by atoms with Crippen LogP contribution in [0.15, 0.2) is 29.2 Å². The van der Waals surface area contributed by atoms with E-state index in [-0.39, 0.29) is 10.8 Å². The van der Waals surface area contributed by atoms with Crippen molar-refractivity contribution in [1.29, 1.82) is 0 Å². The standard InChI is InChI=1S/C18H30N2O3S2/c1-14(2)6-5-12-19-18(21)17(11-13-24-4)20-25(22,23)16-9-7-15(3)8-10-16/h7-10,14,17,20H,5-6,11-13H2,1-4H3,(H,19,21). The van der Waals surface area contributed by atoms with Gasteiger partial charge in [0.2, 0.25) is 15.9 Å². The molecule has 1 rings (SSSR count). The fourth-order valence-electron chi connectivity index (χ4n) is 2.30. The molecular formula is C18H30N2O3S2. The maximum absolute atomic E-state index is 12.5. The maximum Gasteiger partial charge on any atom is 0.241 e. The van der Waals surface area contributed by atoms with Crippen LogP contribution in [0.2, 0.25) is 0 Å². The molecule has 1 unspecified atom stereocenters. The van der Waals surface area contributed by atoms with Gasteiger partial charge >= 0.3 is 0 Å². The quantitative estimate of drug-likeness (QED) is 0.573. The van der Waals surface area contributed by atoms with Crippen LogP contribution in [0.25, 0.3) is 0 Å². The molecule has 7 heteroatoms. The lowest BCUT2D eigenvalue weighted by atomic mass is 10.1. The van der Waals surface area contributed by atoms with E-state index < -0.39 is 16.1 Å². The molecule has 0 saturated heterocycles. The van der Waals surface area contributed by atoms with Gasteiger partial charge in [0.05, 0.1) is 4.90 Å². The van der Waals surface area contributed by atoms with Crippen molar-refractivity contribution in [2.45, 2.75) is 51.0 Å². The van der Waals surface area contributed by atoms with Crippen LogP contribution in [-0.2, 0) is 14.8 Å². The summed E-state index contributed by atoms with van der Waals surface area (Å²) >= 11 is 1.59. The number of benzene rings is 1. The van der Waals surface area contributed by atoms with Crippen LogP contribution in [-0.4, -0.2) is 38.9 Å². The highest BCUT2D eigenvalue weighted by molar-refractivity contribution is 7.98. The number of rotatable bonds is 11. The first kappa shape index (κ1) is 22.0. The molecule has 0 aliphatic heterocycles. The van der Waals surface area contributed by atoms with E-state index in [0.717, 1.165) is 18.4 Å². The minimum atomic E-state index is -3.72. The number of nitrogens with one attached hydrogen (secondary N) is 2. The second kappa shape index (κ2) is 10.8. The summed E-state index contributed by atoms with van der Waals surface area (Å²) in [4.78, 5) is 12.6. The molecule has 0 saturated carbocycles. The minimum absolute atomic E-state index is 0.180. The smallest absolute Gasteiger partial charge is 0.241 e. The van der Waals surface area contributed by atoms with Crippen molar-refractivity contribution in [3.8, 4) is 0 Å². The van der Waals surface area contributed by atoms with Gasteiger partial charge in [0.1, 0.15) is 6.04 Å². The average molecular weight is 387 g/mol. The lowest BCUT2D eigenvalue weighted by Gasteiger charge is -2.18. The average Bonchev–Trinajstić information content (AvgIpc) is 2.55. The minimum Gasteiger partial charge on any atom is -0.355 e. The van der Waals surface area contributed by atoms with Crippen molar-refractivity contribution in [3.63, 3.8) is 0 Å². The van der Waals surface area contributed by atoms with E-state index in [1.54, 1.807) is 36.0 Å². The molecule has 1 aromatic rings. The molecule has 1 amide bonds. The van der Waals surface area contributed by atoms with Gasteiger partial charge in [-0.25, -0.2) is 8.42 Å². The van der Waals surface area contributed by atoms with Crippen molar-refractivity contribution in [2.75, 3.05) is 18.6 Å². The van der Waals surface area contributed by atoms with Crippen LogP contribution in [0.5, 0.6) is 0 Å². The second-order valence-electron chi connectivity index (χ2n) is 6.60. The van der Waals surface area contributed by atoms with Gasteiger partial charge < -0.3 is 5.32 Å². The van der Waals surface area contributed by atoms with Crippen molar-refractivity contribution in [1.82, 2.24) is 10.0 Å². The number of hydrogen-bond acceptors (Lipinski definition) is 4. The topological polar surface area (TPSA) is 75.3 Å². The third-order valence-corrected chi connectivity index (χ3v) is 5.94. The summed E-state index contributed by atoms with van der Waals surface area (Å²) in [6.45, 7) is 6.74. The molecule has 1 atom stereocenters. The third kappa shape index (κ3) is 8.25. The van der Waals surface area contributed by atoms with Crippen molar-refractivity contribution < 1.29 is 13.2 Å². The molecule has 2 N–H and O–H groups in total. The molecule has 5 nitrogen and oxygen atoms in total. The van der Waals surface area contributed by atoms with Crippen molar-refractivity contribution >= 4 is 27.7 Å². The van der Waals surface area contributed by atoms with Crippen LogP contribution < -0.4 is 10.0 Å². The van der Waals surface area contributed by atoms with Gasteiger partial charge in [-0.3, -0.25) is 4.79 Å². The maximum atomic E-state index is 12.5. The highest BCUT2D eigenvalue weighted by Crippen LogP contribution is 2.12. The second-order valence-corrected chi connectivity index (χ2v) is 9.30. The molecule has 0 aromatic heterocycles. The van der Waals surface area contributed by atoms with E-state index in [2.05, 4.69) is 23.9 Å². The van der Waals surface area contributed by atoms with Gasteiger partial charge in [-0.15, -0.1) is 0 Å². The van der Waals surface area contributed by atoms with Crippen molar-refractivity contribution in [2.24, 2.45) is 5.92 Å². The van der Waals surface area contributed by atoms with Crippen LogP contribution in [0, 0.1) is 12.8 Å².